The smallest absolute Gasteiger partial charge is 0.205 e. The van der Waals surface area contributed by atoms with E-state index in [2.05, 4.69) is 25.3 Å². The van der Waals surface area contributed by atoms with Crippen LogP contribution in [0.5, 0.6) is 0 Å². The van der Waals surface area contributed by atoms with Crippen LogP contribution in [-0.2, 0) is 6.54 Å². The first kappa shape index (κ1) is 12.3. The lowest BCUT2D eigenvalue weighted by atomic mass is 9.99. The summed E-state index contributed by atoms with van der Waals surface area (Å²) in [5, 5.41) is 13.4. The van der Waals surface area contributed by atoms with Gasteiger partial charge in [0.1, 0.15) is 5.01 Å². The van der Waals surface area contributed by atoms with Crippen molar-refractivity contribution in [2.45, 2.75) is 31.8 Å². The Kier molecular flexibility index (Phi) is 3.77. The van der Waals surface area contributed by atoms with Gasteiger partial charge in [-0.2, -0.15) is 0 Å². The van der Waals surface area contributed by atoms with E-state index in [0.717, 1.165) is 22.7 Å². The van der Waals surface area contributed by atoms with Crippen molar-refractivity contribution in [2.24, 2.45) is 0 Å². The Hall–Kier alpha value is -0.720. The van der Waals surface area contributed by atoms with Gasteiger partial charge in [0.15, 0.2) is 0 Å². The van der Waals surface area contributed by atoms with E-state index < -0.39 is 0 Å². The van der Waals surface area contributed by atoms with Gasteiger partial charge in [0.25, 0.3) is 0 Å². The van der Waals surface area contributed by atoms with Crippen LogP contribution in [0.25, 0.3) is 0 Å². The SMILES string of the molecule is CNc1nnc(CN2CCN3CCCCC3C2)s1. The number of fused-ring (bicyclic) bond motifs is 1. The van der Waals surface area contributed by atoms with Gasteiger partial charge in [-0.15, -0.1) is 10.2 Å². The molecule has 2 aliphatic heterocycles. The number of nitrogens with zero attached hydrogens (tertiary/aromatic N) is 4. The molecule has 0 amide bonds. The number of rotatable bonds is 3. The first-order valence-corrected chi connectivity index (χ1v) is 7.63. The summed E-state index contributed by atoms with van der Waals surface area (Å²) < 4.78 is 0. The molecule has 0 spiro atoms. The molecule has 100 valence electrons. The van der Waals surface area contributed by atoms with Crippen LogP contribution >= 0.6 is 11.3 Å². The molecular weight excluding hydrogens is 246 g/mol. The lowest BCUT2D eigenvalue weighted by Gasteiger charge is -2.43. The van der Waals surface area contributed by atoms with Crippen LogP contribution in [0.2, 0.25) is 0 Å². The van der Waals surface area contributed by atoms with Gasteiger partial charge in [-0.25, -0.2) is 0 Å². The minimum absolute atomic E-state index is 0.782. The molecule has 0 aliphatic carbocycles. The third-order valence-electron chi connectivity index (χ3n) is 3.96. The summed E-state index contributed by atoms with van der Waals surface area (Å²) in [5.41, 5.74) is 0. The van der Waals surface area contributed by atoms with Crippen LogP contribution in [0.4, 0.5) is 5.13 Å². The van der Waals surface area contributed by atoms with E-state index in [-0.39, 0.29) is 0 Å². The summed E-state index contributed by atoms with van der Waals surface area (Å²) in [5.74, 6) is 0. The highest BCUT2D eigenvalue weighted by Gasteiger charge is 2.29. The number of aromatic nitrogens is 2. The molecule has 18 heavy (non-hydrogen) atoms. The van der Waals surface area contributed by atoms with E-state index in [1.54, 1.807) is 11.3 Å². The molecule has 5 nitrogen and oxygen atoms in total. The van der Waals surface area contributed by atoms with Crippen molar-refractivity contribution in [1.82, 2.24) is 20.0 Å². The van der Waals surface area contributed by atoms with Crippen LogP contribution in [0.3, 0.4) is 0 Å². The summed E-state index contributed by atoms with van der Waals surface area (Å²) in [6.07, 6.45) is 4.16. The third kappa shape index (κ3) is 2.65. The Balaban J connectivity index is 1.57. The molecule has 2 aliphatic rings. The van der Waals surface area contributed by atoms with Crippen LogP contribution in [-0.4, -0.2) is 59.3 Å². The van der Waals surface area contributed by atoms with Gasteiger partial charge in [-0.1, -0.05) is 17.8 Å². The molecule has 3 heterocycles. The van der Waals surface area contributed by atoms with E-state index in [1.807, 2.05) is 7.05 Å². The maximum Gasteiger partial charge on any atom is 0.205 e. The van der Waals surface area contributed by atoms with Crippen molar-refractivity contribution < 1.29 is 0 Å². The van der Waals surface area contributed by atoms with Crippen LogP contribution in [0.1, 0.15) is 24.3 Å². The van der Waals surface area contributed by atoms with Crippen molar-refractivity contribution in [3.8, 4) is 0 Å². The lowest BCUT2D eigenvalue weighted by Crippen LogP contribution is -2.54. The molecule has 2 fully saturated rings. The molecule has 1 unspecified atom stereocenters. The highest BCUT2D eigenvalue weighted by molar-refractivity contribution is 7.15. The fourth-order valence-electron chi connectivity index (χ4n) is 2.97. The summed E-state index contributed by atoms with van der Waals surface area (Å²) in [6.45, 7) is 5.87. The zero-order valence-corrected chi connectivity index (χ0v) is 11.7. The predicted octanol–water partition coefficient (Wildman–Crippen LogP) is 1.25. The molecule has 0 aromatic carbocycles. The van der Waals surface area contributed by atoms with E-state index in [4.69, 9.17) is 0 Å². The van der Waals surface area contributed by atoms with Gasteiger partial charge in [0.05, 0.1) is 6.54 Å². The molecule has 2 saturated heterocycles. The minimum Gasteiger partial charge on any atom is -0.363 e. The summed E-state index contributed by atoms with van der Waals surface area (Å²) in [6, 6.07) is 0.782. The maximum absolute atomic E-state index is 4.24. The lowest BCUT2D eigenvalue weighted by molar-refractivity contribution is 0.0455. The molecule has 0 bridgehead atoms. The first-order chi connectivity index (χ1) is 8.85. The van der Waals surface area contributed by atoms with Crippen molar-refractivity contribution >= 4 is 16.5 Å². The topological polar surface area (TPSA) is 44.3 Å². The molecule has 1 N–H and O–H groups in total. The Morgan fingerprint density at radius 3 is 3.06 bits per heavy atom. The fourth-order valence-corrected chi connectivity index (χ4v) is 3.71. The normalized spacial score (nSPS) is 25.9. The third-order valence-corrected chi connectivity index (χ3v) is 4.89. The Morgan fingerprint density at radius 2 is 2.22 bits per heavy atom. The molecule has 3 rings (SSSR count). The molecule has 0 saturated carbocycles. The first-order valence-electron chi connectivity index (χ1n) is 6.81. The second-order valence-electron chi connectivity index (χ2n) is 5.17. The molecule has 6 heteroatoms. The molecular formula is C12H21N5S. The number of hydrogen-bond donors (Lipinski definition) is 1. The van der Waals surface area contributed by atoms with E-state index >= 15 is 0 Å². The van der Waals surface area contributed by atoms with Crippen molar-refractivity contribution in [3.63, 3.8) is 0 Å². The molecule has 1 aromatic heterocycles. The van der Waals surface area contributed by atoms with Crippen molar-refractivity contribution in [1.29, 1.82) is 0 Å². The number of hydrogen-bond acceptors (Lipinski definition) is 6. The summed E-state index contributed by atoms with van der Waals surface area (Å²) >= 11 is 1.67. The molecule has 1 atom stereocenters. The fraction of sp³-hybridized carbons (Fsp3) is 0.833. The number of anilines is 1. The van der Waals surface area contributed by atoms with Crippen molar-refractivity contribution in [2.75, 3.05) is 38.5 Å². The zero-order chi connectivity index (χ0) is 12.4. The minimum atomic E-state index is 0.782. The second-order valence-corrected chi connectivity index (χ2v) is 6.23. The van der Waals surface area contributed by atoms with Gasteiger partial charge in [0.2, 0.25) is 5.13 Å². The average molecular weight is 267 g/mol. The standard InChI is InChI=1S/C12H21N5S/c1-13-12-15-14-11(18-12)9-16-6-7-17-5-3-2-4-10(17)8-16/h10H,2-9H2,1H3,(H,13,15). The van der Waals surface area contributed by atoms with Gasteiger partial charge in [0, 0.05) is 32.7 Å². The van der Waals surface area contributed by atoms with E-state index in [9.17, 15) is 0 Å². The van der Waals surface area contributed by atoms with E-state index in [1.165, 1.54) is 45.4 Å². The summed E-state index contributed by atoms with van der Waals surface area (Å²) in [4.78, 5) is 5.20. The highest BCUT2D eigenvalue weighted by atomic mass is 32.1. The Labute approximate surface area is 112 Å². The average Bonchev–Trinajstić information content (AvgIpc) is 2.86. The summed E-state index contributed by atoms with van der Waals surface area (Å²) in [7, 11) is 1.89. The highest BCUT2D eigenvalue weighted by Crippen LogP contribution is 2.23. The zero-order valence-electron chi connectivity index (χ0n) is 10.9. The van der Waals surface area contributed by atoms with Crippen LogP contribution in [0, 0.1) is 0 Å². The molecule has 1 aromatic rings. The van der Waals surface area contributed by atoms with Crippen LogP contribution < -0.4 is 5.32 Å². The second kappa shape index (κ2) is 5.50. The van der Waals surface area contributed by atoms with Gasteiger partial charge in [-0.3, -0.25) is 9.80 Å². The Bertz CT molecular complexity index is 394. The quantitative estimate of drug-likeness (QED) is 0.893. The number of piperidine rings is 1. The Morgan fingerprint density at radius 1 is 1.28 bits per heavy atom. The van der Waals surface area contributed by atoms with Gasteiger partial charge >= 0.3 is 0 Å². The van der Waals surface area contributed by atoms with E-state index in [0.29, 0.717) is 0 Å². The monoisotopic (exact) mass is 267 g/mol. The van der Waals surface area contributed by atoms with Gasteiger partial charge < -0.3 is 5.32 Å². The maximum atomic E-state index is 4.24. The number of nitrogens with one attached hydrogen (secondary N) is 1. The predicted molar refractivity (Wildman–Crippen MR) is 73.9 cm³/mol. The number of piperazine rings is 1. The molecule has 0 radical (unpaired) electrons. The van der Waals surface area contributed by atoms with Crippen LogP contribution in [0.15, 0.2) is 0 Å². The van der Waals surface area contributed by atoms with Crippen molar-refractivity contribution in [3.05, 3.63) is 5.01 Å². The van der Waals surface area contributed by atoms with Gasteiger partial charge in [-0.05, 0) is 19.4 Å². The largest absolute Gasteiger partial charge is 0.363 e.